The number of aliphatic carboxylic acids is 1. The third kappa shape index (κ3) is 3.26. The molecule has 0 aliphatic carbocycles. The van der Waals surface area contributed by atoms with Crippen LogP contribution in [0.15, 0.2) is 23.1 Å². The molecule has 0 fully saturated rings. The van der Waals surface area contributed by atoms with Crippen molar-refractivity contribution in [1.82, 2.24) is 0 Å². The molecule has 0 unspecified atom stereocenters. The summed E-state index contributed by atoms with van der Waals surface area (Å²) in [5.41, 5.74) is 5.73. The average molecular weight is 215 g/mol. The van der Waals surface area contributed by atoms with Crippen molar-refractivity contribution >= 4 is 23.4 Å². The fourth-order valence-corrected chi connectivity index (χ4v) is 1.74. The van der Waals surface area contributed by atoms with E-state index in [1.54, 1.807) is 12.1 Å². The maximum atomic E-state index is 13.1. The fourth-order valence-electron chi connectivity index (χ4n) is 0.882. The Morgan fingerprint density at radius 3 is 2.86 bits per heavy atom. The maximum Gasteiger partial charge on any atom is 0.304 e. The molecule has 3 N–H and O–H groups in total. The Morgan fingerprint density at radius 2 is 2.29 bits per heavy atom. The topological polar surface area (TPSA) is 63.3 Å². The fraction of sp³-hybridized carbons (Fsp3) is 0.222. The molecule has 14 heavy (non-hydrogen) atoms. The summed E-state index contributed by atoms with van der Waals surface area (Å²) in [4.78, 5) is 10.6. The number of carbonyl (C=O) groups is 1. The van der Waals surface area contributed by atoms with Crippen molar-refractivity contribution in [2.45, 2.75) is 11.3 Å². The summed E-state index contributed by atoms with van der Waals surface area (Å²) in [6.07, 6.45) is 0.0223. The van der Waals surface area contributed by atoms with Gasteiger partial charge in [-0.15, -0.1) is 11.8 Å². The van der Waals surface area contributed by atoms with Crippen LogP contribution in [-0.4, -0.2) is 16.8 Å². The second kappa shape index (κ2) is 4.85. The largest absolute Gasteiger partial charge is 0.481 e. The zero-order valence-electron chi connectivity index (χ0n) is 7.37. The Balaban J connectivity index is 2.55. The second-order valence-electron chi connectivity index (χ2n) is 2.68. The van der Waals surface area contributed by atoms with Crippen LogP contribution in [0.25, 0.3) is 0 Å². The number of hydrogen-bond donors (Lipinski definition) is 2. The Morgan fingerprint density at radius 1 is 1.57 bits per heavy atom. The van der Waals surface area contributed by atoms with Crippen LogP contribution >= 0.6 is 11.8 Å². The molecule has 1 aromatic rings. The third-order valence-electron chi connectivity index (χ3n) is 1.53. The summed E-state index contributed by atoms with van der Waals surface area (Å²) in [7, 11) is 0. The molecule has 0 spiro atoms. The Hall–Kier alpha value is -1.23. The number of carboxylic acids is 1. The molecule has 76 valence electrons. The van der Waals surface area contributed by atoms with Gasteiger partial charge in [-0.25, -0.2) is 4.39 Å². The highest BCUT2D eigenvalue weighted by Crippen LogP contribution is 2.23. The number of rotatable bonds is 4. The summed E-state index contributed by atoms with van der Waals surface area (Å²) in [5, 5.41) is 8.38. The van der Waals surface area contributed by atoms with Crippen LogP contribution in [0.2, 0.25) is 0 Å². The molecular formula is C9H10FNO2S. The van der Waals surface area contributed by atoms with Gasteiger partial charge < -0.3 is 10.8 Å². The van der Waals surface area contributed by atoms with Gasteiger partial charge in [-0.05, 0) is 18.2 Å². The lowest BCUT2D eigenvalue weighted by Crippen LogP contribution is -1.96. The number of carboxylic acid groups (broad SMARTS) is 1. The minimum absolute atomic E-state index is 0.0223. The van der Waals surface area contributed by atoms with Crippen molar-refractivity contribution in [2.24, 2.45) is 0 Å². The predicted molar refractivity (Wildman–Crippen MR) is 53.8 cm³/mol. The van der Waals surface area contributed by atoms with Gasteiger partial charge in [-0.3, -0.25) is 4.79 Å². The van der Waals surface area contributed by atoms with Crippen molar-refractivity contribution in [3.8, 4) is 0 Å². The quantitative estimate of drug-likeness (QED) is 0.595. The first-order valence-electron chi connectivity index (χ1n) is 3.99. The van der Waals surface area contributed by atoms with Gasteiger partial charge in [-0.1, -0.05) is 0 Å². The van der Waals surface area contributed by atoms with Gasteiger partial charge in [0.1, 0.15) is 5.82 Å². The van der Waals surface area contributed by atoms with Crippen LogP contribution in [0.5, 0.6) is 0 Å². The minimum Gasteiger partial charge on any atom is -0.481 e. The molecule has 0 amide bonds. The van der Waals surface area contributed by atoms with Gasteiger partial charge in [0.25, 0.3) is 0 Å². The molecule has 0 saturated carbocycles. The van der Waals surface area contributed by atoms with E-state index in [0.717, 1.165) is 0 Å². The molecule has 0 atom stereocenters. The smallest absolute Gasteiger partial charge is 0.304 e. The van der Waals surface area contributed by atoms with Crippen molar-refractivity contribution in [3.63, 3.8) is 0 Å². The van der Waals surface area contributed by atoms with Gasteiger partial charge in [0.15, 0.2) is 0 Å². The lowest BCUT2D eigenvalue weighted by Gasteiger charge is -2.02. The molecule has 0 aliphatic rings. The molecule has 3 nitrogen and oxygen atoms in total. The lowest BCUT2D eigenvalue weighted by atomic mass is 10.3. The van der Waals surface area contributed by atoms with E-state index in [1.807, 2.05) is 0 Å². The summed E-state index contributed by atoms with van der Waals surface area (Å²) >= 11 is 1.17. The van der Waals surface area contributed by atoms with Crippen molar-refractivity contribution < 1.29 is 14.3 Å². The number of anilines is 1. The first kappa shape index (κ1) is 10.8. The van der Waals surface area contributed by atoms with Crippen molar-refractivity contribution in [2.75, 3.05) is 11.5 Å². The molecule has 0 saturated heterocycles. The normalized spacial score (nSPS) is 10.1. The lowest BCUT2D eigenvalue weighted by molar-refractivity contribution is -0.136. The van der Waals surface area contributed by atoms with Crippen LogP contribution in [-0.2, 0) is 4.79 Å². The van der Waals surface area contributed by atoms with Gasteiger partial charge >= 0.3 is 5.97 Å². The van der Waals surface area contributed by atoms with E-state index in [9.17, 15) is 9.18 Å². The van der Waals surface area contributed by atoms with E-state index in [0.29, 0.717) is 16.3 Å². The molecule has 0 radical (unpaired) electrons. The van der Waals surface area contributed by atoms with E-state index in [-0.39, 0.29) is 6.42 Å². The van der Waals surface area contributed by atoms with E-state index >= 15 is 0 Å². The van der Waals surface area contributed by atoms with E-state index in [4.69, 9.17) is 10.8 Å². The molecule has 0 aliphatic heterocycles. The summed E-state index contributed by atoms with van der Waals surface area (Å²) in [6.45, 7) is 0. The number of thioether (sulfide) groups is 1. The summed E-state index contributed by atoms with van der Waals surface area (Å²) in [5.74, 6) is -0.926. The van der Waals surface area contributed by atoms with Crippen molar-refractivity contribution in [3.05, 3.63) is 24.0 Å². The SMILES string of the molecule is Nc1ccc(SCCC(=O)O)c(F)c1. The number of nitrogens with two attached hydrogens (primary N) is 1. The second-order valence-corrected chi connectivity index (χ2v) is 3.82. The van der Waals surface area contributed by atoms with Gasteiger partial charge in [0.05, 0.1) is 6.42 Å². The molecule has 5 heteroatoms. The van der Waals surface area contributed by atoms with Gasteiger partial charge in [0.2, 0.25) is 0 Å². The van der Waals surface area contributed by atoms with Crippen LogP contribution in [0.4, 0.5) is 10.1 Å². The standard InChI is InChI=1S/C9H10FNO2S/c10-7-5-6(11)1-2-8(7)14-4-3-9(12)13/h1-2,5H,3-4,11H2,(H,12,13). The summed E-state index contributed by atoms with van der Waals surface area (Å²) < 4.78 is 13.1. The van der Waals surface area contributed by atoms with Crippen LogP contribution in [0.1, 0.15) is 6.42 Å². The average Bonchev–Trinajstić information content (AvgIpc) is 2.08. The number of hydrogen-bond acceptors (Lipinski definition) is 3. The van der Waals surface area contributed by atoms with Gasteiger partial charge in [-0.2, -0.15) is 0 Å². The van der Waals surface area contributed by atoms with Crippen molar-refractivity contribution in [1.29, 1.82) is 0 Å². The highest BCUT2D eigenvalue weighted by Gasteiger charge is 2.04. The highest BCUT2D eigenvalue weighted by atomic mass is 32.2. The first-order chi connectivity index (χ1) is 6.59. The van der Waals surface area contributed by atoms with Crippen LogP contribution in [0.3, 0.4) is 0 Å². The Labute approximate surface area is 85.1 Å². The van der Waals surface area contributed by atoms with E-state index in [1.165, 1.54) is 17.8 Å². The highest BCUT2D eigenvalue weighted by molar-refractivity contribution is 7.99. The number of benzene rings is 1. The minimum atomic E-state index is -0.881. The Kier molecular flexibility index (Phi) is 3.76. The van der Waals surface area contributed by atoms with Crippen LogP contribution in [0, 0.1) is 5.82 Å². The molecule has 0 bridgehead atoms. The first-order valence-corrected chi connectivity index (χ1v) is 4.98. The number of halogens is 1. The number of nitrogen functional groups attached to an aromatic ring is 1. The molecule has 1 rings (SSSR count). The predicted octanol–water partition coefficient (Wildman–Crippen LogP) is 1.97. The zero-order chi connectivity index (χ0) is 10.6. The van der Waals surface area contributed by atoms with Gasteiger partial charge in [0, 0.05) is 16.3 Å². The molecule has 1 aromatic carbocycles. The zero-order valence-corrected chi connectivity index (χ0v) is 8.18. The van der Waals surface area contributed by atoms with E-state index < -0.39 is 11.8 Å². The van der Waals surface area contributed by atoms with Crippen LogP contribution < -0.4 is 5.73 Å². The Bertz CT molecular complexity index is 344. The van der Waals surface area contributed by atoms with E-state index in [2.05, 4.69) is 0 Å². The molecule has 0 heterocycles. The maximum absolute atomic E-state index is 13.1. The molecule has 0 aromatic heterocycles. The third-order valence-corrected chi connectivity index (χ3v) is 2.58. The molecular weight excluding hydrogens is 205 g/mol. The summed E-state index contributed by atoms with van der Waals surface area (Å²) in [6, 6.07) is 4.37. The monoisotopic (exact) mass is 215 g/mol.